The monoisotopic (exact) mass is 308 g/mol. The highest BCUT2D eigenvalue weighted by Crippen LogP contribution is 2.39. The number of anilines is 1. The number of ether oxygens (including phenoxy) is 1. The molecule has 6 nitrogen and oxygen atoms in total. The van der Waals surface area contributed by atoms with Crippen molar-refractivity contribution < 1.29 is 9.53 Å². The van der Waals surface area contributed by atoms with E-state index >= 15 is 0 Å². The second kappa shape index (κ2) is 5.52. The van der Waals surface area contributed by atoms with Crippen molar-refractivity contribution in [2.75, 3.05) is 5.32 Å². The van der Waals surface area contributed by atoms with Gasteiger partial charge in [-0.05, 0) is 43.5 Å². The number of nitriles is 1. The van der Waals surface area contributed by atoms with Crippen LogP contribution in [0.25, 0.3) is 5.69 Å². The van der Waals surface area contributed by atoms with E-state index in [1.165, 1.54) is 6.20 Å². The van der Waals surface area contributed by atoms with Crippen molar-refractivity contribution in [3.8, 4) is 11.8 Å². The molecule has 116 valence electrons. The minimum absolute atomic E-state index is 0.0299. The van der Waals surface area contributed by atoms with Crippen LogP contribution in [0.1, 0.15) is 24.8 Å². The van der Waals surface area contributed by atoms with Gasteiger partial charge in [0, 0.05) is 11.9 Å². The Morgan fingerprint density at radius 3 is 2.78 bits per heavy atom. The van der Waals surface area contributed by atoms with Crippen LogP contribution in [0.2, 0.25) is 0 Å². The number of amides is 1. The maximum absolute atomic E-state index is 12.4. The highest BCUT2D eigenvalue weighted by molar-refractivity contribution is 5.93. The molecule has 1 N–H and O–H groups in total. The van der Waals surface area contributed by atoms with E-state index in [0.29, 0.717) is 5.56 Å². The maximum atomic E-state index is 12.4. The number of fused-ring (bicyclic) bond motifs is 2. The van der Waals surface area contributed by atoms with Crippen molar-refractivity contribution in [3.05, 3.63) is 42.2 Å². The highest BCUT2D eigenvalue weighted by Gasteiger charge is 2.44. The summed E-state index contributed by atoms with van der Waals surface area (Å²) < 4.78 is 7.37. The summed E-state index contributed by atoms with van der Waals surface area (Å²) in [5.74, 6) is 0.00790. The van der Waals surface area contributed by atoms with Crippen LogP contribution in [-0.2, 0) is 9.53 Å². The molecule has 0 aliphatic carbocycles. The van der Waals surface area contributed by atoms with Crippen LogP contribution in [0.3, 0.4) is 0 Å². The van der Waals surface area contributed by atoms with E-state index < -0.39 is 0 Å². The number of nitrogens with one attached hydrogen (secondary N) is 1. The van der Waals surface area contributed by atoms with Crippen LogP contribution < -0.4 is 5.32 Å². The van der Waals surface area contributed by atoms with E-state index in [1.807, 2.05) is 30.3 Å². The van der Waals surface area contributed by atoms with E-state index in [2.05, 4.69) is 10.4 Å². The van der Waals surface area contributed by atoms with Crippen molar-refractivity contribution in [2.24, 2.45) is 5.92 Å². The zero-order chi connectivity index (χ0) is 15.8. The smallest absolute Gasteiger partial charge is 0.230 e. The Labute approximate surface area is 133 Å². The van der Waals surface area contributed by atoms with Crippen LogP contribution in [0.15, 0.2) is 36.7 Å². The molecule has 2 aliphatic heterocycles. The fourth-order valence-corrected chi connectivity index (χ4v) is 3.37. The zero-order valence-corrected chi connectivity index (χ0v) is 12.5. The molecule has 2 aromatic rings. The van der Waals surface area contributed by atoms with Gasteiger partial charge in [-0.2, -0.15) is 10.4 Å². The van der Waals surface area contributed by atoms with Gasteiger partial charge in [-0.3, -0.25) is 4.79 Å². The summed E-state index contributed by atoms with van der Waals surface area (Å²) in [5, 5.41) is 15.9. The van der Waals surface area contributed by atoms with Gasteiger partial charge in [0.25, 0.3) is 0 Å². The molecular formula is C17H16N4O2. The minimum atomic E-state index is -0.0299. The number of hydrogen-bond acceptors (Lipinski definition) is 4. The Bertz CT molecular complexity index is 775. The third kappa shape index (κ3) is 2.60. The lowest BCUT2D eigenvalue weighted by Gasteiger charge is -2.18. The third-order valence-electron chi connectivity index (χ3n) is 4.55. The van der Waals surface area contributed by atoms with Crippen LogP contribution in [-0.4, -0.2) is 27.9 Å². The standard InChI is InChI=1S/C17H16N4O2/c18-8-11-9-19-21(10-11)13-3-1-12(2-4-13)20-17(22)15-7-14-5-6-16(15)23-14/h1-4,9-10,14-16H,5-7H2,(H,20,22)/t14-,15-,16+/m1/s1. The zero-order valence-electron chi connectivity index (χ0n) is 12.5. The first-order valence-electron chi connectivity index (χ1n) is 7.74. The number of carbonyl (C=O) groups excluding carboxylic acids is 1. The highest BCUT2D eigenvalue weighted by atomic mass is 16.5. The van der Waals surface area contributed by atoms with Crippen molar-refractivity contribution in [1.82, 2.24) is 9.78 Å². The predicted octanol–water partition coefficient (Wildman–Crippen LogP) is 2.25. The molecule has 3 atom stereocenters. The van der Waals surface area contributed by atoms with E-state index in [0.717, 1.165) is 30.6 Å². The second-order valence-electron chi connectivity index (χ2n) is 6.04. The molecule has 2 fully saturated rings. The average molecular weight is 308 g/mol. The fourth-order valence-electron chi connectivity index (χ4n) is 3.37. The molecule has 0 radical (unpaired) electrons. The molecule has 1 aromatic carbocycles. The lowest BCUT2D eigenvalue weighted by molar-refractivity contribution is -0.121. The minimum Gasteiger partial charge on any atom is -0.374 e. The quantitative estimate of drug-likeness (QED) is 0.943. The Balaban J connectivity index is 1.44. The number of hydrogen-bond donors (Lipinski definition) is 1. The van der Waals surface area contributed by atoms with Crippen molar-refractivity contribution >= 4 is 11.6 Å². The first-order chi connectivity index (χ1) is 11.2. The van der Waals surface area contributed by atoms with Crippen LogP contribution >= 0.6 is 0 Å². The number of aromatic nitrogens is 2. The van der Waals surface area contributed by atoms with Crippen LogP contribution in [0, 0.1) is 17.2 Å². The van der Waals surface area contributed by atoms with Crippen LogP contribution in [0.4, 0.5) is 5.69 Å². The summed E-state index contributed by atoms with van der Waals surface area (Å²) >= 11 is 0. The SMILES string of the molecule is N#Cc1cnn(-c2ccc(NC(=O)[C@@H]3C[C@H]4CC[C@@H]3O4)cc2)c1. The molecule has 0 unspecified atom stereocenters. The van der Waals surface area contributed by atoms with E-state index in [1.54, 1.807) is 10.9 Å². The Kier molecular flexibility index (Phi) is 3.36. The van der Waals surface area contributed by atoms with E-state index in [9.17, 15) is 4.79 Å². The molecule has 4 rings (SSSR count). The molecule has 2 aliphatic rings. The lowest BCUT2D eigenvalue weighted by atomic mass is 9.88. The van der Waals surface area contributed by atoms with Gasteiger partial charge in [0.2, 0.25) is 5.91 Å². The summed E-state index contributed by atoms with van der Waals surface area (Å²) in [4.78, 5) is 12.4. The number of rotatable bonds is 3. The number of carbonyl (C=O) groups is 1. The van der Waals surface area contributed by atoms with Gasteiger partial charge in [-0.25, -0.2) is 4.68 Å². The molecule has 6 heteroatoms. The summed E-state index contributed by atoms with van der Waals surface area (Å²) in [6, 6.07) is 9.46. The molecule has 2 bridgehead atoms. The van der Waals surface area contributed by atoms with Gasteiger partial charge < -0.3 is 10.1 Å². The first kappa shape index (κ1) is 14.0. The number of benzene rings is 1. The van der Waals surface area contributed by atoms with Crippen molar-refractivity contribution in [2.45, 2.75) is 31.5 Å². The normalized spacial score (nSPS) is 25.3. The maximum Gasteiger partial charge on any atom is 0.230 e. The molecule has 2 saturated heterocycles. The summed E-state index contributed by atoms with van der Waals surface area (Å²) in [5.41, 5.74) is 2.11. The predicted molar refractivity (Wildman–Crippen MR) is 82.9 cm³/mol. The number of nitrogens with zero attached hydrogens (tertiary/aromatic N) is 3. The molecule has 1 aromatic heterocycles. The van der Waals surface area contributed by atoms with Gasteiger partial charge in [0.15, 0.2) is 0 Å². The summed E-state index contributed by atoms with van der Waals surface area (Å²) in [6.45, 7) is 0. The van der Waals surface area contributed by atoms with Gasteiger partial charge >= 0.3 is 0 Å². The Morgan fingerprint density at radius 2 is 2.17 bits per heavy atom. The van der Waals surface area contributed by atoms with Crippen LogP contribution in [0.5, 0.6) is 0 Å². The Morgan fingerprint density at radius 1 is 1.35 bits per heavy atom. The van der Waals surface area contributed by atoms with E-state index in [-0.39, 0.29) is 24.0 Å². The lowest BCUT2D eigenvalue weighted by Crippen LogP contribution is -2.30. The largest absolute Gasteiger partial charge is 0.374 e. The van der Waals surface area contributed by atoms with Gasteiger partial charge in [-0.1, -0.05) is 0 Å². The third-order valence-corrected chi connectivity index (χ3v) is 4.55. The topological polar surface area (TPSA) is 79.9 Å². The van der Waals surface area contributed by atoms with Gasteiger partial charge in [-0.15, -0.1) is 0 Å². The molecule has 3 heterocycles. The first-order valence-corrected chi connectivity index (χ1v) is 7.74. The van der Waals surface area contributed by atoms with Crippen molar-refractivity contribution in [3.63, 3.8) is 0 Å². The molecular weight excluding hydrogens is 292 g/mol. The van der Waals surface area contributed by atoms with Gasteiger partial charge in [0.1, 0.15) is 6.07 Å². The summed E-state index contributed by atoms with van der Waals surface area (Å²) in [7, 11) is 0. The molecule has 0 saturated carbocycles. The molecule has 23 heavy (non-hydrogen) atoms. The van der Waals surface area contributed by atoms with Gasteiger partial charge in [0.05, 0.1) is 35.6 Å². The van der Waals surface area contributed by atoms with E-state index in [4.69, 9.17) is 10.00 Å². The fraction of sp³-hybridized carbons (Fsp3) is 0.353. The molecule has 0 spiro atoms. The molecule has 1 amide bonds. The summed E-state index contributed by atoms with van der Waals surface area (Å²) in [6.07, 6.45) is 6.45. The Hall–Kier alpha value is -2.65. The second-order valence-corrected chi connectivity index (χ2v) is 6.04. The average Bonchev–Trinajstić information content (AvgIpc) is 3.31. The van der Waals surface area contributed by atoms with Crippen molar-refractivity contribution in [1.29, 1.82) is 5.26 Å².